The van der Waals surface area contributed by atoms with Crippen LogP contribution in [0.5, 0.6) is 0 Å². The molecule has 1 fully saturated rings. The van der Waals surface area contributed by atoms with Crippen molar-refractivity contribution in [1.82, 2.24) is 5.32 Å². The molecule has 2 nitrogen and oxygen atoms in total. The van der Waals surface area contributed by atoms with Crippen molar-refractivity contribution in [1.29, 1.82) is 0 Å². The standard InChI is InChI=1S/C8H17NO/c1-9-6-8(7-10)4-2-3-5-8/h9-10H,2-7H2,1H3. The van der Waals surface area contributed by atoms with Gasteiger partial charge in [0.25, 0.3) is 0 Å². The molecule has 1 saturated carbocycles. The van der Waals surface area contributed by atoms with E-state index < -0.39 is 0 Å². The summed E-state index contributed by atoms with van der Waals surface area (Å²) in [6, 6.07) is 0. The third-order valence-electron chi connectivity index (χ3n) is 2.55. The summed E-state index contributed by atoms with van der Waals surface area (Å²) in [7, 11) is 1.95. The molecular weight excluding hydrogens is 126 g/mol. The first-order valence-corrected chi connectivity index (χ1v) is 4.08. The first kappa shape index (κ1) is 8.02. The Bertz CT molecular complexity index is 97.4. The summed E-state index contributed by atoms with van der Waals surface area (Å²) < 4.78 is 0. The van der Waals surface area contributed by atoms with Gasteiger partial charge in [-0.15, -0.1) is 0 Å². The predicted molar refractivity (Wildman–Crippen MR) is 41.9 cm³/mol. The molecule has 0 unspecified atom stereocenters. The summed E-state index contributed by atoms with van der Waals surface area (Å²) in [5.74, 6) is 0. The molecule has 0 aliphatic heterocycles. The van der Waals surface area contributed by atoms with Crippen LogP contribution in [0.15, 0.2) is 0 Å². The van der Waals surface area contributed by atoms with Crippen molar-refractivity contribution >= 4 is 0 Å². The lowest BCUT2D eigenvalue weighted by Gasteiger charge is -2.25. The summed E-state index contributed by atoms with van der Waals surface area (Å²) in [5, 5.41) is 12.2. The zero-order valence-electron chi connectivity index (χ0n) is 6.69. The minimum atomic E-state index is 0.231. The minimum Gasteiger partial charge on any atom is -0.396 e. The summed E-state index contributed by atoms with van der Waals surface area (Å²) in [5.41, 5.74) is 0.231. The van der Waals surface area contributed by atoms with E-state index in [0.717, 1.165) is 6.54 Å². The Labute approximate surface area is 62.6 Å². The molecule has 0 radical (unpaired) electrons. The molecule has 2 heteroatoms. The molecule has 0 atom stereocenters. The highest BCUT2D eigenvalue weighted by atomic mass is 16.3. The Morgan fingerprint density at radius 3 is 2.40 bits per heavy atom. The molecular formula is C8H17NO. The number of rotatable bonds is 3. The Morgan fingerprint density at radius 1 is 1.40 bits per heavy atom. The first-order chi connectivity index (χ1) is 4.83. The lowest BCUT2D eigenvalue weighted by atomic mass is 9.87. The lowest BCUT2D eigenvalue weighted by molar-refractivity contribution is 0.131. The van der Waals surface area contributed by atoms with Gasteiger partial charge in [0.2, 0.25) is 0 Å². The van der Waals surface area contributed by atoms with Crippen LogP contribution in [0.2, 0.25) is 0 Å². The molecule has 1 aliphatic rings. The number of nitrogens with one attached hydrogen (secondary N) is 1. The second-order valence-corrected chi connectivity index (χ2v) is 3.40. The smallest absolute Gasteiger partial charge is 0.0499 e. The van der Waals surface area contributed by atoms with Gasteiger partial charge in [-0.2, -0.15) is 0 Å². The van der Waals surface area contributed by atoms with E-state index >= 15 is 0 Å². The largest absolute Gasteiger partial charge is 0.396 e. The van der Waals surface area contributed by atoms with E-state index in [1.165, 1.54) is 25.7 Å². The zero-order chi connectivity index (χ0) is 7.45. The molecule has 60 valence electrons. The van der Waals surface area contributed by atoms with Crippen LogP contribution in [0.3, 0.4) is 0 Å². The van der Waals surface area contributed by atoms with E-state index in [2.05, 4.69) is 5.32 Å². The van der Waals surface area contributed by atoms with E-state index in [1.54, 1.807) is 0 Å². The lowest BCUT2D eigenvalue weighted by Crippen LogP contribution is -2.33. The molecule has 0 amide bonds. The van der Waals surface area contributed by atoms with Crippen LogP contribution in [0.25, 0.3) is 0 Å². The van der Waals surface area contributed by atoms with Gasteiger partial charge in [0.15, 0.2) is 0 Å². The summed E-state index contributed by atoms with van der Waals surface area (Å²) in [6.45, 7) is 1.33. The van der Waals surface area contributed by atoms with E-state index in [9.17, 15) is 0 Å². The van der Waals surface area contributed by atoms with Gasteiger partial charge in [-0.3, -0.25) is 0 Å². The molecule has 0 spiro atoms. The van der Waals surface area contributed by atoms with Gasteiger partial charge in [0, 0.05) is 18.6 Å². The fourth-order valence-electron chi connectivity index (χ4n) is 1.89. The molecule has 10 heavy (non-hydrogen) atoms. The van der Waals surface area contributed by atoms with Crippen molar-refractivity contribution in [2.45, 2.75) is 25.7 Å². The van der Waals surface area contributed by atoms with Gasteiger partial charge < -0.3 is 10.4 Å². The van der Waals surface area contributed by atoms with Crippen LogP contribution in [-0.4, -0.2) is 25.3 Å². The predicted octanol–water partition coefficient (Wildman–Crippen LogP) is 0.758. The van der Waals surface area contributed by atoms with Crippen LogP contribution < -0.4 is 5.32 Å². The number of hydrogen-bond acceptors (Lipinski definition) is 2. The zero-order valence-corrected chi connectivity index (χ0v) is 6.69. The second-order valence-electron chi connectivity index (χ2n) is 3.40. The molecule has 2 N–H and O–H groups in total. The average Bonchev–Trinajstić information content (AvgIpc) is 2.39. The Hall–Kier alpha value is -0.0800. The van der Waals surface area contributed by atoms with E-state index in [1.807, 2.05) is 7.05 Å². The number of aliphatic hydroxyl groups excluding tert-OH is 1. The fraction of sp³-hybridized carbons (Fsp3) is 1.00. The summed E-state index contributed by atoms with van der Waals surface area (Å²) in [4.78, 5) is 0. The highest BCUT2D eigenvalue weighted by Crippen LogP contribution is 2.36. The first-order valence-electron chi connectivity index (χ1n) is 4.08. The van der Waals surface area contributed by atoms with Crippen molar-refractivity contribution in [3.63, 3.8) is 0 Å². The molecule has 0 saturated heterocycles. The van der Waals surface area contributed by atoms with Crippen LogP contribution in [0.4, 0.5) is 0 Å². The van der Waals surface area contributed by atoms with Crippen LogP contribution in [-0.2, 0) is 0 Å². The maximum absolute atomic E-state index is 9.11. The van der Waals surface area contributed by atoms with Crippen molar-refractivity contribution in [3.8, 4) is 0 Å². The maximum atomic E-state index is 9.11. The Morgan fingerprint density at radius 2 is 2.00 bits per heavy atom. The summed E-state index contributed by atoms with van der Waals surface area (Å²) in [6.07, 6.45) is 4.99. The topological polar surface area (TPSA) is 32.3 Å². The van der Waals surface area contributed by atoms with Crippen LogP contribution in [0, 0.1) is 5.41 Å². The van der Waals surface area contributed by atoms with Crippen molar-refractivity contribution < 1.29 is 5.11 Å². The van der Waals surface area contributed by atoms with Gasteiger partial charge in [-0.05, 0) is 19.9 Å². The monoisotopic (exact) mass is 143 g/mol. The summed E-state index contributed by atoms with van der Waals surface area (Å²) >= 11 is 0. The average molecular weight is 143 g/mol. The highest BCUT2D eigenvalue weighted by molar-refractivity contribution is 4.85. The van der Waals surface area contributed by atoms with Gasteiger partial charge in [-0.25, -0.2) is 0 Å². The minimum absolute atomic E-state index is 0.231. The third kappa shape index (κ3) is 1.50. The van der Waals surface area contributed by atoms with Crippen LogP contribution >= 0.6 is 0 Å². The Kier molecular flexibility index (Phi) is 2.69. The molecule has 1 rings (SSSR count). The molecule has 0 aromatic heterocycles. The van der Waals surface area contributed by atoms with Gasteiger partial charge in [-0.1, -0.05) is 12.8 Å². The number of hydrogen-bond donors (Lipinski definition) is 2. The Balaban J connectivity index is 2.41. The van der Waals surface area contributed by atoms with E-state index in [4.69, 9.17) is 5.11 Å². The quantitative estimate of drug-likeness (QED) is 0.611. The van der Waals surface area contributed by atoms with Crippen LogP contribution in [0.1, 0.15) is 25.7 Å². The molecule has 0 bridgehead atoms. The van der Waals surface area contributed by atoms with E-state index in [-0.39, 0.29) is 5.41 Å². The van der Waals surface area contributed by atoms with Gasteiger partial charge >= 0.3 is 0 Å². The fourth-order valence-corrected chi connectivity index (χ4v) is 1.89. The van der Waals surface area contributed by atoms with Crippen molar-refractivity contribution in [2.24, 2.45) is 5.41 Å². The van der Waals surface area contributed by atoms with E-state index in [0.29, 0.717) is 6.61 Å². The van der Waals surface area contributed by atoms with Gasteiger partial charge in [0.1, 0.15) is 0 Å². The highest BCUT2D eigenvalue weighted by Gasteiger charge is 2.31. The molecule has 0 aromatic rings. The SMILES string of the molecule is CNCC1(CO)CCCC1. The second kappa shape index (κ2) is 3.35. The number of aliphatic hydroxyl groups is 1. The normalized spacial score (nSPS) is 23.4. The van der Waals surface area contributed by atoms with Crippen molar-refractivity contribution in [3.05, 3.63) is 0 Å². The molecule has 0 heterocycles. The molecule has 1 aliphatic carbocycles. The van der Waals surface area contributed by atoms with Crippen molar-refractivity contribution in [2.75, 3.05) is 20.2 Å². The maximum Gasteiger partial charge on any atom is 0.0499 e. The third-order valence-corrected chi connectivity index (χ3v) is 2.55. The molecule has 0 aromatic carbocycles. The van der Waals surface area contributed by atoms with Gasteiger partial charge in [0.05, 0.1) is 0 Å².